The van der Waals surface area contributed by atoms with E-state index in [2.05, 4.69) is 4.74 Å². The van der Waals surface area contributed by atoms with Gasteiger partial charge in [-0.15, -0.1) is 23.2 Å². The van der Waals surface area contributed by atoms with Crippen LogP contribution >= 0.6 is 23.2 Å². The molecule has 0 aliphatic heterocycles. The minimum Gasteiger partial charge on any atom is -0.375 e. The summed E-state index contributed by atoms with van der Waals surface area (Å²) in [5, 5.41) is 0. The molecule has 0 spiro atoms. The molecule has 0 aromatic carbocycles. The summed E-state index contributed by atoms with van der Waals surface area (Å²) in [4.78, 5) is 13.0. The molecule has 1 amide bonds. The van der Waals surface area contributed by atoms with E-state index in [-0.39, 0.29) is 18.9 Å². The minimum atomic E-state index is -2.50. The zero-order chi connectivity index (χ0) is 12.4. The van der Waals surface area contributed by atoms with Gasteiger partial charge in [-0.1, -0.05) is 0 Å². The first-order valence-electron chi connectivity index (χ1n) is 4.87. The summed E-state index contributed by atoms with van der Waals surface area (Å²) in [7, 11) is 0. The summed E-state index contributed by atoms with van der Waals surface area (Å²) in [5.74, 6) is 0.455. The summed E-state index contributed by atoms with van der Waals surface area (Å²) in [5.41, 5.74) is 0. The molecule has 0 fully saturated rings. The van der Waals surface area contributed by atoms with E-state index in [1.54, 1.807) is 0 Å². The third-order valence-corrected chi connectivity index (χ3v) is 2.10. The highest BCUT2D eigenvalue weighted by Gasteiger charge is 2.12. The largest absolute Gasteiger partial charge is 0.375 e. The number of halogens is 4. The Kier molecular flexibility index (Phi) is 9.97. The fraction of sp³-hybridized carbons (Fsp3) is 0.889. The molecule has 0 rings (SSSR count). The maximum absolute atomic E-state index is 11.7. The Morgan fingerprint density at radius 1 is 1.25 bits per heavy atom. The lowest BCUT2D eigenvalue weighted by Gasteiger charge is -2.20. The summed E-state index contributed by atoms with van der Waals surface area (Å²) < 4.78 is 28.0. The first-order chi connectivity index (χ1) is 7.61. The van der Waals surface area contributed by atoms with Crippen LogP contribution in [0.25, 0.3) is 0 Å². The summed E-state index contributed by atoms with van der Waals surface area (Å²) in [6, 6.07) is 0. The highest BCUT2D eigenvalue weighted by atomic mass is 35.5. The van der Waals surface area contributed by atoms with Crippen molar-refractivity contribution in [2.24, 2.45) is 0 Å². The predicted molar refractivity (Wildman–Crippen MR) is 59.5 cm³/mol. The van der Waals surface area contributed by atoms with Gasteiger partial charge in [-0.25, -0.2) is 8.78 Å². The Morgan fingerprint density at radius 3 is 2.25 bits per heavy atom. The van der Waals surface area contributed by atoms with E-state index in [1.807, 2.05) is 0 Å². The lowest BCUT2D eigenvalue weighted by Crippen LogP contribution is -2.35. The normalized spacial score (nSPS) is 10.8. The number of amides is 1. The third kappa shape index (κ3) is 8.07. The van der Waals surface area contributed by atoms with Gasteiger partial charge < -0.3 is 9.64 Å². The lowest BCUT2D eigenvalue weighted by molar-refractivity contribution is -0.132. The van der Waals surface area contributed by atoms with E-state index in [4.69, 9.17) is 23.2 Å². The number of hydrogen-bond acceptors (Lipinski definition) is 2. The molecule has 0 atom stereocenters. The van der Waals surface area contributed by atoms with Crippen LogP contribution < -0.4 is 0 Å². The van der Waals surface area contributed by atoms with E-state index in [0.29, 0.717) is 24.8 Å². The van der Waals surface area contributed by atoms with E-state index in [9.17, 15) is 13.6 Å². The van der Waals surface area contributed by atoms with Gasteiger partial charge in [-0.3, -0.25) is 4.79 Å². The maximum atomic E-state index is 11.7. The van der Waals surface area contributed by atoms with Crippen molar-refractivity contribution in [1.29, 1.82) is 0 Å². The number of carbonyl (C=O) groups excluding carboxylic acids is 1. The Labute approximate surface area is 104 Å². The first-order valence-corrected chi connectivity index (χ1v) is 5.94. The van der Waals surface area contributed by atoms with E-state index in [0.717, 1.165) is 0 Å². The molecule has 0 N–H and O–H groups in total. The van der Waals surface area contributed by atoms with Gasteiger partial charge in [-0.2, -0.15) is 0 Å². The topological polar surface area (TPSA) is 29.5 Å². The smallest absolute Gasteiger partial charge is 0.261 e. The second kappa shape index (κ2) is 10.1. The molecule has 0 aliphatic carbocycles. The molecule has 0 aromatic heterocycles. The molecule has 3 nitrogen and oxygen atoms in total. The van der Waals surface area contributed by atoms with Crippen molar-refractivity contribution in [2.75, 3.05) is 38.1 Å². The zero-order valence-electron chi connectivity index (χ0n) is 8.80. The van der Waals surface area contributed by atoms with Crippen molar-refractivity contribution in [1.82, 2.24) is 4.90 Å². The van der Waals surface area contributed by atoms with Crippen molar-refractivity contribution < 1.29 is 18.3 Å². The highest BCUT2D eigenvalue weighted by Crippen LogP contribution is 1.99. The molecule has 0 heterocycles. The molecule has 96 valence electrons. The third-order valence-electron chi connectivity index (χ3n) is 1.77. The SMILES string of the molecule is O=C(CCOCC(F)F)N(CCCl)CCCl. The average molecular weight is 278 g/mol. The fourth-order valence-corrected chi connectivity index (χ4v) is 1.46. The second-order valence-electron chi connectivity index (χ2n) is 2.97. The lowest BCUT2D eigenvalue weighted by atomic mass is 10.3. The van der Waals surface area contributed by atoms with Gasteiger partial charge in [0.05, 0.1) is 13.0 Å². The van der Waals surface area contributed by atoms with Crippen molar-refractivity contribution in [2.45, 2.75) is 12.8 Å². The van der Waals surface area contributed by atoms with Crippen LogP contribution in [0.15, 0.2) is 0 Å². The van der Waals surface area contributed by atoms with Crippen LogP contribution in [0.2, 0.25) is 0 Å². The highest BCUT2D eigenvalue weighted by molar-refractivity contribution is 6.18. The number of hydrogen-bond donors (Lipinski definition) is 0. The summed E-state index contributed by atoms with van der Waals surface area (Å²) in [6.07, 6.45) is -2.43. The average Bonchev–Trinajstić information content (AvgIpc) is 2.23. The summed E-state index contributed by atoms with van der Waals surface area (Å²) in [6.45, 7) is 0.159. The molecular weight excluding hydrogens is 263 g/mol. The quantitative estimate of drug-likeness (QED) is 0.476. The predicted octanol–water partition coefficient (Wildman–Crippen LogP) is 1.96. The van der Waals surface area contributed by atoms with Crippen molar-refractivity contribution >= 4 is 29.1 Å². The van der Waals surface area contributed by atoms with Crippen molar-refractivity contribution in [3.05, 3.63) is 0 Å². The van der Waals surface area contributed by atoms with E-state index in [1.165, 1.54) is 4.90 Å². The Morgan fingerprint density at radius 2 is 1.81 bits per heavy atom. The van der Waals surface area contributed by atoms with Gasteiger partial charge in [0.2, 0.25) is 5.91 Å². The van der Waals surface area contributed by atoms with Crippen LogP contribution in [0.3, 0.4) is 0 Å². The van der Waals surface area contributed by atoms with Crippen LogP contribution in [0.1, 0.15) is 6.42 Å². The monoisotopic (exact) mass is 277 g/mol. The van der Waals surface area contributed by atoms with Crippen molar-refractivity contribution in [3.63, 3.8) is 0 Å². The van der Waals surface area contributed by atoms with E-state index < -0.39 is 13.0 Å². The Hall–Kier alpha value is -0.130. The van der Waals surface area contributed by atoms with Gasteiger partial charge in [0.1, 0.15) is 6.61 Å². The first kappa shape index (κ1) is 15.9. The Balaban J connectivity index is 3.73. The van der Waals surface area contributed by atoms with Gasteiger partial charge >= 0.3 is 0 Å². The molecule has 0 radical (unpaired) electrons. The van der Waals surface area contributed by atoms with Crippen LogP contribution in [0.5, 0.6) is 0 Å². The van der Waals surface area contributed by atoms with Crippen LogP contribution in [0.4, 0.5) is 8.78 Å². The minimum absolute atomic E-state index is 0.00968. The van der Waals surface area contributed by atoms with Gasteiger partial charge in [-0.05, 0) is 0 Å². The second-order valence-corrected chi connectivity index (χ2v) is 3.73. The van der Waals surface area contributed by atoms with Crippen molar-refractivity contribution in [3.8, 4) is 0 Å². The summed E-state index contributed by atoms with van der Waals surface area (Å²) >= 11 is 11.0. The maximum Gasteiger partial charge on any atom is 0.261 e. The fourth-order valence-electron chi connectivity index (χ4n) is 1.06. The zero-order valence-corrected chi connectivity index (χ0v) is 10.3. The molecule has 16 heavy (non-hydrogen) atoms. The van der Waals surface area contributed by atoms with E-state index >= 15 is 0 Å². The number of carbonyl (C=O) groups is 1. The number of ether oxygens (including phenoxy) is 1. The molecule has 0 aromatic rings. The molecule has 0 saturated heterocycles. The van der Waals surface area contributed by atoms with Crippen LogP contribution in [-0.2, 0) is 9.53 Å². The number of alkyl halides is 4. The number of rotatable bonds is 9. The standard InChI is InChI=1S/C9H15Cl2F2NO2/c10-2-4-14(5-3-11)9(15)1-6-16-7-8(12)13/h8H,1-7H2. The molecule has 0 saturated carbocycles. The molecule has 0 bridgehead atoms. The molecule has 7 heteroatoms. The molecule has 0 aliphatic rings. The van der Waals surface area contributed by atoms with Gasteiger partial charge in [0.25, 0.3) is 6.43 Å². The molecule has 0 unspecified atom stereocenters. The Bertz CT molecular complexity index is 190. The van der Waals surface area contributed by atoms with Crippen LogP contribution in [-0.4, -0.2) is 55.3 Å². The van der Waals surface area contributed by atoms with Crippen LogP contribution in [0, 0.1) is 0 Å². The van der Waals surface area contributed by atoms with Gasteiger partial charge in [0, 0.05) is 24.8 Å². The van der Waals surface area contributed by atoms with Gasteiger partial charge in [0.15, 0.2) is 0 Å². The number of nitrogens with zero attached hydrogens (tertiary/aromatic N) is 1. The molecular formula is C9H15Cl2F2NO2.